The Balaban J connectivity index is 2.03. The van der Waals surface area contributed by atoms with Crippen LogP contribution in [0.5, 0.6) is 11.5 Å². The topological polar surface area (TPSA) is 92.3 Å². The number of nitrogens with zero attached hydrogens (tertiary/aromatic N) is 3. The molecule has 7 heteroatoms. The molecule has 2 N–H and O–H groups in total. The van der Waals surface area contributed by atoms with E-state index in [2.05, 4.69) is 10.1 Å². The molecule has 0 saturated carbocycles. The fourth-order valence-corrected chi connectivity index (χ4v) is 2.64. The molecule has 0 aliphatic carbocycles. The van der Waals surface area contributed by atoms with Gasteiger partial charge in [-0.2, -0.15) is 0 Å². The number of hydrogen-bond acceptors (Lipinski definition) is 6. The first-order chi connectivity index (χ1) is 13.5. The summed E-state index contributed by atoms with van der Waals surface area (Å²) in [4.78, 5) is 17.0. The highest BCUT2D eigenvalue weighted by Crippen LogP contribution is 2.25. The molecule has 0 radical (unpaired) electrons. The average Bonchev–Trinajstić information content (AvgIpc) is 3.17. The highest BCUT2D eigenvalue weighted by Gasteiger charge is 2.21. The molecule has 0 unspecified atom stereocenters. The van der Waals surface area contributed by atoms with E-state index in [-0.39, 0.29) is 17.5 Å². The zero-order chi connectivity index (χ0) is 20.1. The van der Waals surface area contributed by atoms with Crippen molar-refractivity contribution in [3.8, 4) is 28.6 Å². The quantitative estimate of drug-likeness (QED) is 0.604. The van der Waals surface area contributed by atoms with Gasteiger partial charge in [0.15, 0.2) is 5.82 Å². The Morgan fingerprint density at radius 3 is 2.29 bits per heavy atom. The fourth-order valence-electron chi connectivity index (χ4n) is 2.64. The minimum Gasteiger partial charge on any atom is -0.497 e. The first kappa shape index (κ1) is 19.6. The molecule has 0 aliphatic rings. The lowest BCUT2D eigenvalue weighted by Crippen LogP contribution is -2.10. The standard InChI is InChI=1S/C21H24N4O3/c1-14(2)19(26)20-23-21(15-4-8-18(9-5-15)28-13-12-22)25(24-20)16-6-10-17(27-3)11-7-16/h4-11,14H,12-13,22H2,1-3H3. The number of ketones is 1. The Morgan fingerprint density at radius 1 is 1.07 bits per heavy atom. The number of methoxy groups -OCH3 is 1. The van der Waals surface area contributed by atoms with Crippen LogP contribution in [-0.2, 0) is 0 Å². The first-order valence-electron chi connectivity index (χ1n) is 9.12. The van der Waals surface area contributed by atoms with Gasteiger partial charge >= 0.3 is 0 Å². The van der Waals surface area contributed by atoms with E-state index in [9.17, 15) is 4.79 Å². The Labute approximate surface area is 164 Å². The second kappa shape index (κ2) is 8.67. The van der Waals surface area contributed by atoms with E-state index < -0.39 is 0 Å². The minimum absolute atomic E-state index is 0.101. The number of rotatable bonds is 8. The van der Waals surface area contributed by atoms with E-state index in [1.165, 1.54) is 0 Å². The number of carbonyl (C=O) groups is 1. The van der Waals surface area contributed by atoms with Gasteiger partial charge in [0.05, 0.1) is 12.8 Å². The number of carbonyl (C=O) groups excluding carboxylic acids is 1. The van der Waals surface area contributed by atoms with E-state index in [1.807, 2.05) is 62.4 Å². The lowest BCUT2D eigenvalue weighted by molar-refractivity contribution is 0.0929. The molecular formula is C21H24N4O3. The van der Waals surface area contributed by atoms with Gasteiger partial charge in [-0.25, -0.2) is 9.67 Å². The second-order valence-electron chi connectivity index (χ2n) is 6.55. The number of Topliss-reactive ketones (excluding diaryl/α,β-unsaturated/α-hetero) is 1. The van der Waals surface area contributed by atoms with Crippen LogP contribution in [0.1, 0.15) is 24.5 Å². The van der Waals surface area contributed by atoms with E-state index in [0.29, 0.717) is 19.0 Å². The van der Waals surface area contributed by atoms with Crippen molar-refractivity contribution in [1.82, 2.24) is 14.8 Å². The predicted molar refractivity (Wildman–Crippen MR) is 107 cm³/mol. The van der Waals surface area contributed by atoms with Crippen LogP contribution in [0, 0.1) is 5.92 Å². The highest BCUT2D eigenvalue weighted by atomic mass is 16.5. The number of benzene rings is 2. The fraction of sp³-hybridized carbons (Fsp3) is 0.286. The minimum atomic E-state index is -0.188. The molecule has 0 amide bonds. The van der Waals surface area contributed by atoms with Gasteiger partial charge in [-0.3, -0.25) is 4.79 Å². The molecule has 3 aromatic rings. The Morgan fingerprint density at radius 2 is 1.71 bits per heavy atom. The normalized spacial score (nSPS) is 10.9. The third-order valence-corrected chi connectivity index (χ3v) is 4.17. The van der Waals surface area contributed by atoms with Gasteiger partial charge in [-0.15, -0.1) is 5.10 Å². The van der Waals surface area contributed by atoms with E-state index in [0.717, 1.165) is 22.7 Å². The van der Waals surface area contributed by atoms with E-state index in [1.54, 1.807) is 11.8 Å². The SMILES string of the molecule is COc1ccc(-n2nc(C(=O)C(C)C)nc2-c2ccc(OCCN)cc2)cc1. The smallest absolute Gasteiger partial charge is 0.218 e. The van der Waals surface area contributed by atoms with Gasteiger partial charge in [0.2, 0.25) is 11.6 Å². The monoisotopic (exact) mass is 380 g/mol. The maximum atomic E-state index is 12.5. The van der Waals surface area contributed by atoms with Gasteiger partial charge in [0, 0.05) is 18.0 Å². The van der Waals surface area contributed by atoms with Crippen LogP contribution in [0.4, 0.5) is 0 Å². The van der Waals surface area contributed by atoms with Crippen molar-refractivity contribution in [2.24, 2.45) is 11.7 Å². The molecule has 0 bridgehead atoms. The number of nitrogens with two attached hydrogens (primary N) is 1. The molecule has 0 aliphatic heterocycles. The summed E-state index contributed by atoms with van der Waals surface area (Å²) in [5.74, 6) is 1.96. The number of hydrogen-bond donors (Lipinski definition) is 1. The third-order valence-electron chi connectivity index (χ3n) is 4.17. The van der Waals surface area contributed by atoms with Gasteiger partial charge in [-0.1, -0.05) is 13.8 Å². The lowest BCUT2D eigenvalue weighted by Gasteiger charge is -2.08. The summed E-state index contributed by atoms with van der Waals surface area (Å²) < 4.78 is 12.4. The maximum absolute atomic E-state index is 12.5. The Bertz CT molecular complexity index is 931. The van der Waals surface area contributed by atoms with E-state index >= 15 is 0 Å². The molecule has 0 fully saturated rings. The Kier molecular flexibility index (Phi) is 6.06. The summed E-state index contributed by atoms with van der Waals surface area (Å²) in [6, 6.07) is 14.9. The number of ether oxygens (including phenoxy) is 2. The first-order valence-corrected chi connectivity index (χ1v) is 9.12. The molecule has 7 nitrogen and oxygen atoms in total. The zero-order valence-electron chi connectivity index (χ0n) is 16.3. The molecule has 0 atom stereocenters. The molecule has 1 heterocycles. The lowest BCUT2D eigenvalue weighted by atomic mass is 10.1. The van der Waals surface area contributed by atoms with Crippen molar-refractivity contribution in [2.45, 2.75) is 13.8 Å². The van der Waals surface area contributed by atoms with Crippen LogP contribution in [0.2, 0.25) is 0 Å². The summed E-state index contributed by atoms with van der Waals surface area (Å²) in [5.41, 5.74) is 7.08. The summed E-state index contributed by atoms with van der Waals surface area (Å²) >= 11 is 0. The van der Waals surface area contributed by atoms with Gasteiger partial charge in [-0.05, 0) is 48.5 Å². The van der Waals surface area contributed by atoms with E-state index in [4.69, 9.17) is 15.2 Å². The summed E-state index contributed by atoms with van der Waals surface area (Å²) in [6.07, 6.45) is 0. The number of aromatic nitrogens is 3. The highest BCUT2D eigenvalue weighted by molar-refractivity contribution is 5.94. The van der Waals surface area contributed by atoms with Crippen LogP contribution in [-0.4, -0.2) is 40.8 Å². The molecule has 2 aromatic carbocycles. The van der Waals surface area contributed by atoms with Crippen LogP contribution in [0.15, 0.2) is 48.5 Å². The van der Waals surface area contributed by atoms with Crippen LogP contribution in [0.3, 0.4) is 0 Å². The summed E-state index contributed by atoms with van der Waals surface area (Å²) in [5, 5.41) is 4.47. The molecule has 146 valence electrons. The van der Waals surface area contributed by atoms with Crippen molar-refractivity contribution in [1.29, 1.82) is 0 Å². The van der Waals surface area contributed by atoms with Gasteiger partial charge < -0.3 is 15.2 Å². The second-order valence-corrected chi connectivity index (χ2v) is 6.55. The summed E-state index contributed by atoms with van der Waals surface area (Å²) in [7, 11) is 1.61. The zero-order valence-corrected chi connectivity index (χ0v) is 16.3. The van der Waals surface area contributed by atoms with Crippen molar-refractivity contribution >= 4 is 5.78 Å². The average molecular weight is 380 g/mol. The molecule has 1 aromatic heterocycles. The van der Waals surface area contributed by atoms with Crippen LogP contribution < -0.4 is 15.2 Å². The van der Waals surface area contributed by atoms with Crippen molar-refractivity contribution in [3.05, 3.63) is 54.4 Å². The van der Waals surface area contributed by atoms with Gasteiger partial charge in [0.1, 0.15) is 18.1 Å². The Hall–Kier alpha value is -3.19. The van der Waals surface area contributed by atoms with Crippen molar-refractivity contribution in [2.75, 3.05) is 20.3 Å². The molecule has 0 spiro atoms. The molecule has 28 heavy (non-hydrogen) atoms. The molecule has 3 rings (SSSR count). The third kappa shape index (κ3) is 4.20. The molecular weight excluding hydrogens is 356 g/mol. The van der Waals surface area contributed by atoms with Gasteiger partial charge in [0.25, 0.3) is 0 Å². The van der Waals surface area contributed by atoms with Crippen molar-refractivity contribution in [3.63, 3.8) is 0 Å². The van der Waals surface area contributed by atoms with Crippen molar-refractivity contribution < 1.29 is 14.3 Å². The maximum Gasteiger partial charge on any atom is 0.218 e. The van der Waals surface area contributed by atoms with Crippen LogP contribution in [0.25, 0.3) is 17.1 Å². The predicted octanol–water partition coefficient (Wildman–Crippen LogP) is 3.12. The largest absolute Gasteiger partial charge is 0.497 e. The molecule has 0 saturated heterocycles. The van der Waals surface area contributed by atoms with Crippen LogP contribution >= 0.6 is 0 Å². The summed E-state index contributed by atoms with van der Waals surface area (Å²) in [6.45, 7) is 4.57.